The topological polar surface area (TPSA) is 0 Å². The van der Waals surface area contributed by atoms with E-state index in [0.717, 1.165) is 0 Å². The second-order valence-corrected chi connectivity index (χ2v) is 0.758. The van der Waals surface area contributed by atoms with E-state index in [1.807, 2.05) is 0 Å². The van der Waals surface area contributed by atoms with E-state index >= 15 is 0 Å². The molecule has 0 fully saturated rings. The van der Waals surface area contributed by atoms with Crippen molar-refractivity contribution in [2.24, 2.45) is 0 Å². The molecule has 6 heteroatoms. The Balaban J connectivity index is 0. The van der Waals surface area contributed by atoms with Gasteiger partial charge in [0, 0.05) is 0 Å². The largest absolute Gasteiger partial charge is 1.00 e. The van der Waals surface area contributed by atoms with Gasteiger partial charge in [0.05, 0.1) is 0 Å². The van der Waals surface area contributed by atoms with Gasteiger partial charge in [-0.25, -0.2) is 13.2 Å². The quantitative estimate of drug-likeness (QED) is 0.231. The zero-order valence-corrected chi connectivity index (χ0v) is 5.89. The summed E-state index contributed by atoms with van der Waals surface area (Å²) in [6.45, 7) is 0. The first-order valence-electron chi connectivity index (χ1n) is 1.19. The molecule has 0 unspecified atom stereocenters. The van der Waals surface area contributed by atoms with Crippen LogP contribution in [-0.2, 0) is 0 Å². The number of halogens is 5. The van der Waals surface area contributed by atoms with Gasteiger partial charge in [0.25, 0.3) is 0 Å². The van der Waals surface area contributed by atoms with Gasteiger partial charge in [-0.1, -0.05) is 0 Å². The summed E-state index contributed by atoms with van der Waals surface area (Å²) in [5.74, 6) is 0. The smallest absolute Gasteiger partial charge is 0.412 e. The van der Waals surface area contributed by atoms with Crippen LogP contribution in [0.2, 0.25) is 0 Å². The first kappa shape index (κ1) is 11.4. The molecule has 0 spiro atoms. The molecule has 0 nitrogen and oxygen atoms in total. The average Bonchev–Trinajstić information content (AvgIpc) is 1.31. The van der Waals surface area contributed by atoms with Crippen LogP contribution in [0.1, 0.15) is 0 Å². The van der Waals surface area contributed by atoms with Crippen LogP contribution in [0.25, 0.3) is 0 Å². The van der Waals surface area contributed by atoms with Crippen LogP contribution in [0.4, 0.5) is 22.0 Å². The van der Waals surface area contributed by atoms with Gasteiger partial charge in [-0.3, -0.25) is 0 Å². The molecule has 0 radical (unpaired) electrons. The van der Waals surface area contributed by atoms with E-state index in [1.165, 1.54) is 0 Å². The zero-order chi connectivity index (χ0) is 6.08. The fraction of sp³-hybridized carbons (Fsp3) is 0.500. The number of alkyl halides is 3. The molecule has 0 N–H and O–H groups in total. The Hall–Kier alpha value is 0.650. The third kappa shape index (κ3) is 4.80. The summed E-state index contributed by atoms with van der Waals surface area (Å²) in [6.07, 6.45) is -8.92. The molecule has 0 aromatic rings. The van der Waals surface area contributed by atoms with Crippen LogP contribution in [0.5, 0.6) is 0 Å². The summed E-state index contributed by atoms with van der Waals surface area (Å²) in [5.41, 5.74) is 0. The fourth-order valence-electron chi connectivity index (χ4n) is 0. The van der Waals surface area contributed by atoms with Crippen molar-refractivity contribution in [3.05, 3.63) is 6.43 Å². The molecule has 0 aliphatic heterocycles. The molecule has 0 bridgehead atoms. The Labute approximate surface area is 64.3 Å². The normalized spacial score (nSPS) is 11.2. The minimum absolute atomic E-state index is 0. The van der Waals surface area contributed by atoms with Crippen molar-refractivity contribution < 1.29 is 51.5 Å². The summed E-state index contributed by atoms with van der Waals surface area (Å²) >= 11 is 0. The molecule has 0 aromatic carbocycles. The summed E-state index contributed by atoms with van der Waals surface area (Å²) < 4.78 is 51.8. The fourth-order valence-corrected chi connectivity index (χ4v) is 0. The molecule has 0 aliphatic carbocycles. The van der Waals surface area contributed by atoms with E-state index in [9.17, 15) is 22.0 Å². The van der Waals surface area contributed by atoms with Gasteiger partial charge in [-0.15, -0.1) is 0 Å². The van der Waals surface area contributed by atoms with Gasteiger partial charge < -0.3 is 8.78 Å². The summed E-state index contributed by atoms with van der Waals surface area (Å²) in [4.78, 5) is 0. The van der Waals surface area contributed by atoms with Gasteiger partial charge in [0.1, 0.15) is 6.43 Å². The molecular weight excluding hydrogens is 142 g/mol. The maximum absolute atomic E-state index is 10.4. The van der Waals surface area contributed by atoms with E-state index in [2.05, 4.69) is 0 Å². The van der Waals surface area contributed by atoms with Crippen molar-refractivity contribution in [3.8, 4) is 0 Å². The summed E-state index contributed by atoms with van der Waals surface area (Å²) in [7, 11) is 0. The Bertz CT molecular complexity index is 55.9. The molecular formula is C2F5Na. The molecule has 0 saturated carbocycles. The standard InChI is InChI=1S/C2F5.Na/c3-1(4)2(5,6)7;/q-1;+1. The predicted octanol–water partition coefficient (Wildman–Crippen LogP) is -1.02. The van der Waals surface area contributed by atoms with Crippen LogP contribution >= 0.6 is 0 Å². The first-order valence-corrected chi connectivity index (χ1v) is 1.19. The molecule has 0 heterocycles. The molecule has 0 aromatic heterocycles. The van der Waals surface area contributed by atoms with Crippen molar-refractivity contribution in [1.29, 1.82) is 0 Å². The second-order valence-electron chi connectivity index (χ2n) is 0.758. The van der Waals surface area contributed by atoms with Crippen LogP contribution in [0.3, 0.4) is 0 Å². The minimum atomic E-state index is -5.42. The first-order chi connectivity index (χ1) is 2.94. The van der Waals surface area contributed by atoms with E-state index < -0.39 is 12.6 Å². The molecule has 0 amide bonds. The number of hydrogen-bond donors (Lipinski definition) is 0. The van der Waals surface area contributed by atoms with Gasteiger partial charge in [-0.2, -0.15) is 0 Å². The number of rotatable bonds is 0. The molecule has 0 atom stereocenters. The Morgan fingerprint density at radius 3 is 1.12 bits per heavy atom. The van der Waals surface area contributed by atoms with Gasteiger partial charge >= 0.3 is 35.7 Å². The van der Waals surface area contributed by atoms with Crippen LogP contribution in [0, 0.1) is 6.43 Å². The zero-order valence-electron chi connectivity index (χ0n) is 3.89. The predicted molar refractivity (Wildman–Crippen MR) is 11.5 cm³/mol. The van der Waals surface area contributed by atoms with Crippen LogP contribution in [0.15, 0.2) is 0 Å². The Morgan fingerprint density at radius 2 is 1.12 bits per heavy atom. The maximum atomic E-state index is 10.4. The molecule has 0 saturated heterocycles. The van der Waals surface area contributed by atoms with E-state index in [4.69, 9.17) is 0 Å². The SMILES string of the molecule is F[C-](F)C(F)(F)F.[Na+]. The molecule has 0 aliphatic rings. The van der Waals surface area contributed by atoms with E-state index in [-0.39, 0.29) is 29.6 Å². The summed E-state index contributed by atoms with van der Waals surface area (Å²) in [5, 5.41) is 0. The third-order valence-corrected chi connectivity index (χ3v) is 0.214. The Morgan fingerprint density at radius 1 is 1.00 bits per heavy atom. The van der Waals surface area contributed by atoms with Crippen molar-refractivity contribution in [1.82, 2.24) is 0 Å². The van der Waals surface area contributed by atoms with Crippen molar-refractivity contribution in [2.45, 2.75) is 6.18 Å². The second kappa shape index (κ2) is 3.63. The monoisotopic (exact) mass is 142 g/mol. The van der Waals surface area contributed by atoms with Gasteiger partial charge in [0.2, 0.25) is 0 Å². The summed E-state index contributed by atoms with van der Waals surface area (Å²) in [6, 6.07) is 0. The maximum Gasteiger partial charge on any atom is 1.00 e. The van der Waals surface area contributed by atoms with Crippen LogP contribution in [-0.4, -0.2) is 6.18 Å². The van der Waals surface area contributed by atoms with Crippen molar-refractivity contribution in [3.63, 3.8) is 0 Å². The Kier molecular flexibility index (Phi) is 5.20. The molecule has 0 rings (SSSR count). The molecule has 44 valence electrons. The number of hydrogen-bond acceptors (Lipinski definition) is 0. The minimum Gasteiger partial charge on any atom is -0.412 e. The van der Waals surface area contributed by atoms with E-state index in [0.29, 0.717) is 0 Å². The van der Waals surface area contributed by atoms with Crippen LogP contribution < -0.4 is 29.6 Å². The average molecular weight is 142 g/mol. The van der Waals surface area contributed by atoms with Crippen molar-refractivity contribution >= 4 is 0 Å². The van der Waals surface area contributed by atoms with E-state index in [1.54, 1.807) is 0 Å². The molecule has 8 heavy (non-hydrogen) atoms. The third-order valence-electron chi connectivity index (χ3n) is 0.214. The van der Waals surface area contributed by atoms with Gasteiger partial charge in [0.15, 0.2) is 0 Å². The van der Waals surface area contributed by atoms with Gasteiger partial charge in [-0.05, 0) is 0 Å². The van der Waals surface area contributed by atoms with Crippen molar-refractivity contribution in [2.75, 3.05) is 0 Å².